The maximum absolute atomic E-state index is 10.0. The van der Waals surface area contributed by atoms with Crippen molar-refractivity contribution in [3.8, 4) is 0 Å². The van der Waals surface area contributed by atoms with Crippen LogP contribution in [-0.2, 0) is 18.2 Å². The molecule has 0 saturated carbocycles. The Morgan fingerprint density at radius 3 is 2.88 bits per heavy atom. The maximum atomic E-state index is 10.0. The summed E-state index contributed by atoms with van der Waals surface area (Å²) in [6.07, 6.45) is 6.06. The van der Waals surface area contributed by atoms with Crippen molar-refractivity contribution in [1.29, 1.82) is 0 Å². The molecule has 1 N–H and O–H groups in total. The standard InChI is InChI=1S/C12H20N2O2/c1-4-10(9-16-5-2)11(15)8-12-13-6-7-14(12)3/h6-7,9,11,15H,4-5,8H2,1-3H3/b10-9+. The fourth-order valence-corrected chi connectivity index (χ4v) is 1.49. The van der Waals surface area contributed by atoms with Crippen molar-refractivity contribution >= 4 is 0 Å². The molecule has 0 radical (unpaired) electrons. The Hall–Kier alpha value is -1.29. The fraction of sp³-hybridized carbons (Fsp3) is 0.583. The summed E-state index contributed by atoms with van der Waals surface area (Å²) in [7, 11) is 1.92. The van der Waals surface area contributed by atoms with Gasteiger partial charge in [-0.1, -0.05) is 6.92 Å². The summed E-state index contributed by atoms with van der Waals surface area (Å²) in [6.45, 7) is 4.56. The quantitative estimate of drug-likeness (QED) is 0.747. The number of aromatic nitrogens is 2. The normalized spacial score (nSPS) is 13.9. The summed E-state index contributed by atoms with van der Waals surface area (Å²) < 4.78 is 7.12. The van der Waals surface area contributed by atoms with Gasteiger partial charge in [-0.3, -0.25) is 0 Å². The number of ether oxygens (including phenoxy) is 1. The molecule has 1 aromatic rings. The van der Waals surface area contributed by atoms with Crippen LogP contribution in [-0.4, -0.2) is 27.4 Å². The molecule has 0 aromatic carbocycles. The smallest absolute Gasteiger partial charge is 0.111 e. The van der Waals surface area contributed by atoms with Crippen molar-refractivity contribution in [1.82, 2.24) is 9.55 Å². The van der Waals surface area contributed by atoms with Gasteiger partial charge in [0.25, 0.3) is 0 Å². The molecule has 1 unspecified atom stereocenters. The molecular formula is C12H20N2O2. The van der Waals surface area contributed by atoms with E-state index in [9.17, 15) is 5.11 Å². The predicted molar refractivity (Wildman–Crippen MR) is 62.9 cm³/mol. The van der Waals surface area contributed by atoms with E-state index in [-0.39, 0.29) is 0 Å². The molecule has 1 rings (SSSR count). The first-order chi connectivity index (χ1) is 7.69. The monoisotopic (exact) mass is 224 g/mol. The Balaban J connectivity index is 2.63. The van der Waals surface area contributed by atoms with Crippen LogP contribution in [0.2, 0.25) is 0 Å². The zero-order chi connectivity index (χ0) is 12.0. The summed E-state index contributed by atoms with van der Waals surface area (Å²) in [6, 6.07) is 0. The minimum atomic E-state index is -0.516. The van der Waals surface area contributed by atoms with Crippen LogP contribution in [0.15, 0.2) is 24.2 Å². The summed E-state index contributed by atoms with van der Waals surface area (Å²) in [4.78, 5) is 4.19. The lowest BCUT2D eigenvalue weighted by Gasteiger charge is -2.13. The molecule has 16 heavy (non-hydrogen) atoms. The zero-order valence-electron chi connectivity index (χ0n) is 10.2. The van der Waals surface area contributed by atoms with Gasteiger partial charge in [0, 0.05) is 25.9 Å². The van der Waals surface area contributed by atoms with Gasteiger partial charge >= 0.3 is 0 Å². The molecule has 1 aromatic heterocycles. The van der Waals surface area contributed by atoms with Crippen molar-refractivity contribution in [2.45, 2.75) is 32.8 Å². The molecule has 90 valence electrons. The summed E-state index contributed by atoms with van der Waals surface area (Å²) >= 11 is 0. The van der Waals surface area contributed by atoms with E-state index in [1.165, 1.54) is 0 Å². The number of aryl methyl sites for hydroxylation is 1. The molecule has 0 bridgehead atoms. The topological polar surface area (TPSA) is 47.3 Å². The molecule has 1 atom stereocenters. The minimum absolute atomic E-state index is 0.516. The largest absolute Gasteiger partial charge is 0.501 e. The molecule has 0 fully saturated rings. The van der Waals surface area contributed by atoms with E-state index in [4.69, 9.17) is 4.74 Å². The maximum Gasteiger partial charge on any atom is 0.111 e. The van der Waals surface area contributed by atoms with Crippen molar-refractivity contribution < 1.29 is 9.84 Å². The fourth-order valence-electron chi connectivity index (χ4n) is 1.49. The van der Waals surface area contributed by atoms with Crippen molar-refractivity contribution in [3.05, 3.63) is 30.1 Å². The van der Waals surface area contributed by atoms with E-state index < -0.39 is 6.10 Å². The molecule has 0 spiro atoms. The number of nitrogens with zero attached hydrogens (tertiary/aromatic N) is 2. The average molecular weight is 224 g/mol. The number of aliphatic hydroxyl groups is 1. The molecule has 0 aliphatic heterocycles. The van der Waals surface area contributed by atoms with Crippen LogP contribution in [0, 0.1) is 0 Å². The average Bonchev–Trinajstić information content (AvgIpc) is 2.65. The predicted octanol–water partition coefficient (Wildman–Crippen LogP) is 1.65. The Kier molecular flexibility index (Phi) is 5.05. The molecule has 0 aliphatic rings. The van der Waals surface area contributed by atoms with E-state index in [0.29, 0.717) is 13.0 Å². The number of imidazole rings is 1. The van der Waals surface area contributed by atoms with Crippen molar-refractivity contribution in [2.75, 3.05) is 6.61 Å². The van der Waals surface area contributed by atoms with Gasteiger partial charge in [-0.15, -0.1) is 0 Å². The van der Waals surface area contributed by atoms with Gasteiger partial charge < -0.3 is 14.4 Å². The van der Waals surface area contributed by atoms with Gasteiger partial charge in [-0.05, 0) is 18.9 Å². The highest BCUT2D eigenvalue weighted by Crippen LogP contribution is 2.12. The Labute approximate surface area is 96.6 Å². The minimum Gasteiger partial charge on any atom is -0.501 e. The third kappa shape index (κ3) is 3.38. The van der Waals surface area contributed by atoms with E-state index in [0.717, 1.165) is 17.8 Å². The van der Waals surface area contributed by atoms with Crippen LogP contribution in [0.4, 0.5) is 0 Å². The molecule has 0 saturated heterocycles. The second-order valence-corrected chi connectivity index (χ2v) is 3.68. The van der Waals surface area contributed by atoms with Crippen LogP contribution < -0.4 is 0 Å². The molecule has 4 nitrogen and oxygen atoms in total. The van der Waals surface area contributed by atoms with Gasteiger partial charge in [0.05, 0.1) is 19.0 Å². The first-order valence-electron chi connectivity index (χ1n) is 5.63. The van der Waals surface area contributed by atoms with Gasteiger partial charge in [0.1, 0.15) is 5.82 Å². The SMILES string of the molecule is CCO/C=C(\CC)C(O)Cc1nccn1C. The molecular weight excluding hydrogens is 204 g/mol. The summed E-state index contributed by atoms with van der Waals surface area (Å²) in [5.41, 5.74) is 0.907. The Morgan fingerprint density at radius 2 is 2.38 bits per heavy atom. The lowest BCUT2D eigenvalue weighted by molar-refractivity contribution is 0.190. The molecule has 1 heterocycles. The van der Waals surface area contributed by atoms with Crippen molar-refractivity contribution in [2.24, 2.45) is 7.05 Å². The van der Waals surface area contributed by atoms with E-state index in [1.54, 1.807) is 12.5 Å². The molecule has 0 aliphatic carbocycles. The van der Waals surface area contributed by atoms with Crippen LogP contribution in [0.25, 0.3) is 0 Å². The van der Waals surface area contributed by atoms with Gasteiger partial charge in [0.2, 0.25) is 0 Å². The van der Waals surface area contributed by atoms with Crippen LogP contribution in [0.1, 0.15) is 26.1 Å². The van der Waals surface area contributed by atoms with Gasteiger partial charge in [-0.25, -0.2) is 4.98 Å². The Morgan fingerprint density at radius 1 is 1.62 bits per heavy atom. The van der Waals surface area contributed by atoms with Crippen LogP contribution >= 0.6 is 0 Å². The summed E-state index contributed by atoms with van der Waals surface area (Å²) in [5, 5.41) is 10.0. The highest BCUT2D eigenvalue weighted by molar-refractivity contribution is 5.08. The van der Waals surface area contributed by atoms with E-state index in [1.807, 2.05) is 31.7 Å². The summed E-state index contributed by atoms with van der Waals surface area (Å²) in [5.74, 6) is 0.878. The lowest BCUT2D eigenvalue weighted by Crippen LogP contribution is -2.16. The lowest BCUT2D eigenvalue weighted by atomic mass is 10.1. The van der Waals surface area contributed by atoms with Gasteiger partial charge in [0.15, 0.2) is 0 Å². The second kappa shape index (κ2) is 6.33. The number of aliphatic hydroxyl groups excluding tert-OH is 1. The number of hydrogen-bond donors (Lipinski definition) is 1. The molecule has 0 amide bonds. The first kappa shape index (κ1) is 12.8. The number of hydrogen-bond acceptors (Lipinski definition) is 3. The van der Waals surface area contributed by atoms with E-state index in [2.05, 4.69) is 4.98 Å². The van der Waals surface area contributed by atoms with E-state index >= 15 is 0 Å². The highest BCUT2D eigenvalue weighted by atomic mass is 16.5. The Bertz CT molecular complexity index is 345. The third-order valence-corrected chi connectivity index (χ3v) is 2.53. The van der Waals surface area contributed by atoms with Crippen LogP contribution in [0.5, 0.6) is 0 Å². The van der Waals surface area contributed by atoms with Crippen molar-refractivity contribution in [3.63, 3.8) is 0 Å². The molecule has 4 heteroatoms. The zero-order valence-corrected chi connectivity index (χ0v) is 10.2. The third-order valence-electron chi connectivity index (χ3n) is 2.53. The number of rotatable bonds is 6. The first-order valence-corrected chi connectivity index (χ1v) is 5.63. The highest BCUT2D eigenvalue weighted by Gasteiger charge is 2.13. The van der Waals surface area contributed by atoms with Gasteiger partial charge in [-0.2, -0.15) is 0 Å². The second-order valence-electron chi connectivity index (χ2n) is 3.68. The van der Waals surface area contributed by atoms with Crippen LogP contribution in [0.3, 0.4) is 0 Å².